The minimum absolute atomic E-state index is 0.0535. The first-order valence-electron chi connectivity index (χ1n) is 10.1. The number of rotatable bonds is 4. The molecular weight excluding hydrogens is 376 g/mol. The van der Waals surface area contributed by atoms with E-state index in [2.05, 4.69) is 12.1 Å². The fraction of sp³-hybridized carbons (Fsp3) is 0.200. The Morgan fingerprint density at radius 2 is 1.83 bits per heavy atom. The van der Waals surface area contributed by atoms with E-state index < -0.39 is 0 Å². The molecule has 0 spiro atoms. The van der Waals surface area contributed by atoms with Crippen LogP contribution in [-0.4, -0.2) is 29.4 Å². The zero-order valence-corrected chi connectivity index (χ0v) is 16.7. The molecule has 4 aromatic rings. The minimum Gasteiger partial charge on any atom is -0.496 e. The lowest BCUT2D eigenvalue weighted by molar-refractivity contribution is 0.0713. The average molecular weight is 398 g/mol. The Labute approximate surface area is 174 Å². The Bertz CT molecular complexity index is 1200. The summed E-state index contributed by atoms with van der Waals surface area (Å²) >= 11 is 0. The fourth-order valence-electron chi connectivity index (χ4n) is 4.14. The number of amides is 1. The van der Waals surface area contributed by atoms with Crippen LogP contribution in [0.15, 0.2) is 77.2 Å². The number of oxazole rings is 1. The first-order chi connectivity index (χ1) is 14.7. The van der Waals surface area contributed by atoms with Crippen molar-refractivity contribution in [3.05, 3.63) is 84.3 Å². The van der Waals surface area contributed by atoms with Gasteiger partial charge >= 0.3 is 0 Å². The quantitative estimate of drug-likeness (QED) is 0.457. The molecule has 5 rings (SSSR count). The van der Waals surface area contributed by atoms with Gasteiger partial charge in [-0.15, -0.1) is 0 Å². The van der Waals surface area contributed by atoms with E-state index in [1.165, 1.54) is 0 Å². The standard InChI is InChI=1S/C25H22N2O3/c1-29-22-12-6-5-10-19(22)25(28)27-15-7-11-21(27)24-26-20-16-18(13-14-23(20)30-24)17-8-3-2-4-9-17/h2-6,8-10,12-14,16,21H,7,11,15H2,1H3. The number of nitrogens with zero attached hydrogens (tertiary/aromatic N) is 2. The van der Waals surface area contributed by atoms with E-state index in [9.17, 15) is 4.79 Å². The van der Waals surface area contributed by atoms with Gasteiger partial charge in [-0.3, -0.25) is 4.79 Å². The van der Waals surface area contributed by atoms with Crippen molar-refractivity contribution in [3.8, 4) is 16.9 Å². The summed E-state index contributed by atoms with van der Waals surface area (Å²) in [5, 5.41) is 0. The second kappa shape index (κ2) is 7.67. The van der Waals surface area contributed by atoms with Crippen LogP contribution in [0.25, 0.3) is 22.2 Å². The Morgan fingerprint density at radius 1 is 1.03 bits per heavy atom. The number of methoxy groups -OCH3 is 1. The second-order valence-corrected chi connectivity index (χ2v) is 7.46. The van der Waals surface area contributed by atoms with E-state index >= 15 is 0 Å². The summed E-state index contributed by atoms with van der Waals surface area (Å²) in [6, 6.07) is 23.4. The topological polar surface area (TPSA) is 55.6 Å². The third kappa shape index (κ3) is 3.22. The molecule has 0 bridgehead atoms. The van der Waals surface area contributed by atoms with E-state index in [0.717, 1.165) is 35.1 Å². The minimum atomic E-state index is -0.171. The Balaban J connectivity index is 1.47. The monoisotopic (exact) mass is 398 g/mol. The van der Waals surface area contributed by atoms with Crippen molar-refractivity contribution in [2.24, 2.45) is 0 Å². The van der Waals surface area contributed by atoms with Crippen LogP contribution in [0.1, 0.15) is 35.1 Å². The lowest BCUT2D eigenvalue weighted by Gasteiger charge is -2.23. The number of aromatic nitrogens is 1. The van der Waals surface area contributed by atoms with Gasteiger partial charge in [0.2, 0.25) is 5.89 Å². The zero-order chi connectivity index (χ0) is 20.5. The van der Waals surface area contributed by atoms with Crippen LogP contribution >= 0.6 is 0 Å². The Hall–Kier alpha value is -3.60. The third-order valence-electron chi connectivity index (χ3n) is 5.65. The lowest BCUT2D eigenvalue weighted by Crippen LogP contribution is -2.31. The maximum absolute atomic E-state index is 13.2. The first kappa shape index (κ1) is 18.4. The molecule has 0 aliphatic carbocycles. The number of para-hydroxylation sites is 1. The van der Waals surface area contributed by atoms with Crippen molar-refractivity contribution in [1.29, 1.82) is 0 Å². The van der Waals surface area contributed by atoms with Gasteiger partial charge in [0.15, 0.2) is 5.58 Å². The highest BCUT2D eigenvalue weighted by Gasteiger charge is 2.35. The highest BCUT2D eigenvalue weighted by atomic mass is 16.5. The largest absolute Gasteiger partial charge is 0.496 e. The number of hydrogen-bond acceptors (Lipinski definition) is 4. The number of fused-ring (bicyclic) bond motifs is 1. The fourth-order valence-corrected chi connectivity index (χ4v) is 4.14. The average Bonchev–Trinajstić information content (AvgIpc) is 3.45. The molecule has 1 saturated heterocycles. The molecule has 150 valence electrons. The van der Waals surface area contributed by atoms with Crippen LogP contribution in [0.5, 0.6) is 5.75 Å². The Kier molecular flexibility index (Phi) is 4.71. The van der Waals surface area contributed by atoms with Gasteiger partial charge in [-0.2, -0.15) is 0 Å². The molecule has 5 nitrogen and oxygen atoms in total. The Morgan fingerprint density at radius 3 is 2.67 bits per heavy atom. The number of carbonyl (C=O) groups is 1. The van der Waals surface area contributed by atoms with Gasteiger partial charge in [-0.1, -0.05) is 48.5 Å². The predicted octanol–water partition coefficient (Wildman–Crippen LogP) is 5.48. The van der Waals surface area contributed by atoms with Crippen LogP contribution in [0.3, 0.4) is 0 Å². The number of carbonyl (C=O) groups excluding carboxylic acids is 1. The second-order valence-electron chi connectivity index (χ2n) is 7.46. The van der Waals surface area contributed by atoms with Crippen LogP contribution < -0.4 is 4.74 Å². The number of hydrogen-bond donors (Lipinski definition) is 0. The van der Waals surface area contributed by atoms with Crippen molar-refractivity contribution in [2.75, 3.05) is 13.7 Å². The SMILES string of the molecule is COc1ccccc1C(=O)N1CCCC1c1nc2cc(-c3ccccc3)ccc2o1. The van der Waals surface area contributed by atoms with Crippen molar-refractivity contribution in [2.45, 2.75) is 18.9 Å². The summed E-state index contributed by atoms with van der Waals surface area (Å²) in [4.78, 5) is 19.8. The molecule has 1 unspecified atom stereocenters. The molecule has 1 aliphatic rings. The van der Waals surface area contributed by atoms with Gasteiger partial charge in [-0.25, -0.2) is 4.98 Å². The molecule has 1 aliphatic heterocycles. The number of ether oxygens (including phenoxy) is 1. The van der Waals surface area contributed by atoms with E-state index in [1.807, 2.05) is 59.5 Å². The summed E-state index contributed by atoms with van der Waals surface area (Å²) in [5.41, 5.74) is 4.34. The van der Waals surface area contributed by atoms with Crippen LogP contribution in [0, 0.1) is 0 Å². The molecule has 2 heterocycles. The lowest BCUT2D eigenvalue weighted by atomic mass is 10.1. The smallest absolute Gasteiger partial charge is 0.258 e. The van der Waals surface area contributed by atoms with Gasteiger partial charge in [-0.05, 0) is 48.2 Å². The molecule has 1 fully saturated rings. The molecule has 0 saturated carbocycles. The summed E-state index contributed by atoms with van der Waals surface area (Å²) in [5.74, 6) is 1.12. The molecule has 1 amide bonds. The molecule has 0 N–H and O–H groups in total. The molecule has 5 heteroatoms. The molecule has 30 heavy (non-hydrogen) atoms. The molecule has 3 aromatic carbocycles. The van der Waals surface area contributed by atoms with Gasteiger partial charge in [0.25, 0.3) is 5.91 Å². The van der Waals surface area contributed by atoms with Crippen molar-refractivity contribution >= 4 is 17.0 Å². The summed E-state index contributed by atoms with van der Waals surface area (Å²) < 4.78 is 11.5. The molecule has 1 aromatic heterocycles. The van der Waals surface area contributed by atoms with E-state index in [4.69, 9.17) is 14.1 Å². The van der Waals surface area contributed by atoms with E-state index in [-0.39, 0.29) is 11.9 Å². The molecule has 0 radical (unpaired) electrons. The van der Waals surface area contributed by atoms with Gasteiger partial charge in [0.05, 0.1) is 12.7 Å². The van der Waals surface area contributed by atoms with Gasteiger partial charge in [0, 0.05) is 6.54 Å². The van der Waals surface area contributed by atoms with E-state index in [0.29, 0.717) is 23.7 Å². The van der Waals surface area contributed by atoms with Gasteiger partial charge in [0.1, 0.15) is 17.3 Å². The normalized spacial score (nSPS) is 16.2. The predicted molar refractivity (Wildman–Crippen MR) is 115 cm³/mol. The first-order valence-corrected chi connectivity index (χ1v) is 10.1. The van der Waals surface area contributed by atoms with Crippen molar-refractivity contribution in [1.82, 2.24) is 9.88 Å². The zero-order valence-electron chi connectivity index (χ0n) is 16.7. The van der Waals surface area contributed by atoms with Crippen molar-refractivity contribution in [3.63, 3.8) is 0 Å². The molecule has 1 atom stereocenters. The van der Waals surface area contributed by atoms with Crippen LogP contribution in [0.2, 0.25) is 0 Å². The van der Waals surface area contributed by atoms with Crippen molar-refractivity contribution < 1.29 is 13.9 Å². The third-order valence-corrected chi connectivity index (χ3v) is 5.65. The highest BCUT2D eigenvalue weighted by Crippen LogP contribution is 2.36. The number of benzene rings is 3. The molecular formula is C25H22N2O3. The maximum Gasteiger partial charge on any atom is 0.258 e. The van der Waals surface area contributed by atoms with Crippen LogP contribution in [-0.2, 0) is 0 Å². The highest BCUT2D eigenvalue weighted by molar-refractivity contribution is 5.97. The van der Waals surface area contributed by atoms with Crippen LogP contribution in [0.4, 0.5) is 0 Å². The van der Waals surface area contributed by atoms with E-state index in [1.54, 1.807) is 13.2 Å². The van der Waals surface area contributed by atoms with Gasteiger partial charge < -0.3 is 14.1 Å². The summed E-state index contributed by atoms with van der Waals surface area (Å²) in [7, 11) is 1.58. The summed E-state index contributed by atoms with van der Waals surface area (Å²) in [6.45, 7) is 0.676. The maximum atomic E-state index is 13.2. The summed E-state index contributed by atoms with van der Waals surface area (Å²) in [6.07, 6.45) is 1.75. The number of likely N-dealkylation sites (tertiary alicyclic amines) is 1.